The predicted molar refractivity (Wildman–Crippen MR) is 80.7 cm³/mol. The van der Waals surface area contributed by atoms with Crippen molar-refractivity contribution in [2.45, 2.75) is 32.6 Å². The zero-order chi connectivity index (χ0) is 13.8. The summed E-state index contributed by atoms with van der Waals surface area (Å²) in [7, 11) is 0. The number of nitrogens with two attached hydrogens (primary N) is 2. The van der Waals surface area contributed by atoms with Gasteiger partial charge in [-0.2, -0.15) is 23.5 Å². The molecule has 0 bridgehead atoms. The monoisotopic (exact) mass is 292 g/mol. The van der Waals surface area contributed by atoms with Crippen LogP contribution in [0.4, 0.5) is 0 Å². The summed E-state index contributed by atoms with van der Waals surface area (Å²) in [6.45, 7) is 2.16. The molecule has 0 rings (SSSR count). The van der Waals surface area contributed by atoms with E-state index in [-0.39, 0.29) is 24.2 Å². The fourth-order valence-corrected chi connectivity index (χ4v) is 3.29. The van der Waals surface area contributed by atoms with Crippen molar-refractivity contribution in [3.05, 3.63) is 0 Å². The van der Waals surface area contributed by atoms with Gasteiger partial charge in [-0.15, -0.1) is 0 Å². The maximum absolute atomic E-state index is 11.2. The quantitative estimate of drug-likeness (QED) is 0.535. The van der Waals surface area contributed by atoms with Gasteiger partial charge < -0.3 is 11.5 Å². The molecule has 0 fully saturated rings. The third kappa shape index (κ3) is 10.8. The summed E-state index contributed by atoms with van der Waals surface area (Å²) in [5, 5.41) is 0. The summed E-state index contributed by atoms with van der Waals surface area (Å²) < 4.78 is 0. The van der Waals surface area contributed by atoms with Crippen LogP contribution in [0.5, 0.6) is 0 Å². The number of amides is 2. The summed E-state index contributed by atoms with van der Waals surface area (Å²) in [6.07, 6.45) is 3.09. The highest BCUT2D eigenvalue weighted by Gasteiger charge is 2.15. The van der Waals surface area contributed by atoms with E-state index < -0.39 is 0 Å². The molecule has 0 aliphatic rings. The van der Waals surface area contributed by atoms with Gasteiger partial charge in [0.1, 0.15) is 0 Å². The second-order valence-electron chi connectivity index (χ2n) is 4.08. The summed E-state index contributed by atoms with van der Waals surface area (Å²) in [5.74, 6) is 3.19. The molecular formula is C12H24N2O2S2. The lowest BCUT2D eigenvalue weighted by Gasteiger charge is -2.11. The van der Waals surface area contributed by atoms with Gasteiger partial charge in [-0.25, -0.2) is 0 Å². The Labute approximate surface area is 118 Å². The number of carbonyl (C=O) groups is 2. The van der Waals surface area contributed by atoms with Crippen molar-refractivity contribution in [1.82, 2.24) is 0 Å². The Morgan fingerprint density at radius 1 is 1.11 bits per heavy atom. The SMILES string of the molecule is CCSCCCCSCC(CCC(N)=O)C(N)=O. The van der Waals surface area contributed by atoms with Crippen LogP contribution in [0.3, 0.4) is 0 Å². The number of carbonyl (C=O) groups excluding carboxylic acids is 2. The lowest BCUT2D eigenvalue weighted by atomic mass is 10.1. The van der Waals surface area contributed by atoms with E-state index in [1.165, 1.54) is 24.3 Å². The molecule has 0 aromatic carbocycles. The van der Waals surface area contributed by atoms with Gasteiger partial charge in [0.2, 0.25) is 11.8 Å². The summed E-state index contributed by atoms with van der Waals surface area (Å²) in [4.78, 5) is 21.8. The molecule has 0 heterocycles. The van der Waals surface area contributed by atoms with E-state index in [9.17, 15) is 9.59 Å². The van der Waals surface area contributed by atoms with E-state index in [2.05, 4.69) is 6.92 Å². The molecule has 18 heavy (non-hydrogen) atoms. The average Bonchev–Trinajstić information content (AvgIpc) is 2.31. The van der Waals surface area contributed by atoms with E-state index in [0.717, 1.165) is 5.75 Å². The minimum absolute atomic E-state index is 0.229. The van der Waals surface area contributed by atoms with E-state index in [1.54, 1.807) is 11.8 Å². The minimum atomic E-state index is -0.372. The van der Waals surface area contributed by atoms with E-state index in [1.807, 2.05) is 11.8 Å². The van der Waals surface area contributed by atoms with Gasteiger partial charge >= 0.3 is 0 Å². The predicted octanol–water partition coefficient (Wildman–Crippen LogP) is 1.62. The van der Waals surface area contributed by atoms with Gasteiger partial charge in [-0.05, 0) is 36.5 Å². The first-order valence-corrected chi connectivity index (χ1v) is 8.62. The Kier molecular flexibility index (Phi) is 11.5. The van der Waals surface area contributed by atoms with Crippen molar-refractivity contribution in [1.29, 1.82) is 0 Å². The van der Waals surface area contributed by atoms with Crippen LogP contribution >= 0.6 is 23.5 Å². The van der Waals surface area contributed by atoms with Crippen molar-refractivity contribution < 1.29 is 9.59 Å². The van der Waals surface area contributed by atoms with Crippen LogP contribution in [0.15, 0.2) is 0 Å². The first-order chi connectivity index (χ1) is 8.57. The third-order valence-corrected chi connectivity index (χ3v) is 4.69. The zero-order valence-corrected chi connectivity index (χ0v) is 12.7. The second-order valence-corrected chi connectivity index (χ2v) is 6.63. The van der Waals surface area contributed by atoms with Gasteiger partial charge in [0, 0.05) is 18.1 Å². The van der Waals surface area contributed by atoms with Gasteiger partial charge in [-0.3, -0.25) is 9.59 Å². The maximum Gasteiger partial charge on any atom is 0.221 e. The van der Waals surface area contributed by atoms with E-state index in [0.29, 0.717) is 12.2 Å². The molecule has 0 saturated carbocycles. The first-order valence-electron chi connectivity index (χ1n) is 6.31. The van der Waals surface area contributed by atoms with Crippen LogP contribution in [0.2, 0.25) is 0 Å². The fraction of sp³-hybridized carbons (Fsp3) is 0.833. The second kappa shape index (κ2) is 11.7. The number of primary amides is 2. The Hall–Kier alpha value is -0.360. The molecule has 0 aliphatic heterocycles. The van der Waals surface area contributed by atoms with Crippen LogP contribution in [0, 0.1) is 5.92 Å². The standard InChI is InChI=1S/C12H24N2O2S2/c1-2-17-7-3-4-8-18-9-10(12(14)16)5-6-11(13)15/h10H,2-9H2,1H3,(H2,13,15)(H2,14,16). The smallest absolute Gasteiger partial charge is 0.221 e. The molecular weight excluding hydrogens is 268 g/mol. The van der Waals surface area contributed by atoms with Crippen molar-refractivity contribution in [2.24, 2.45) is 17.4 Å². The van der Waals surface area contributed by atoms with Crippen LogP contribution in [0.1, 0.15) is 32.6 Å². The molecule has 0 aromatic heterocycles. The Morgan fingerprint density at radius 2 is 1.72 bits per heavy atom. The number of hydrogen-bond acceptors (Lipinski definition) is 4. The summed E-state index contributed by atoms with van der Waals surface area (Å²) in [6, 6.07) is 0. The zero-order valence-electron chi connectivity index (χ0n) is 11.0. The number of thioether (sulfide) groups is 2. The van der Waals surface area contributed by atoms with Crippen molar-refractivity contribution >= 4 is 35.3 Å². The molecule has 4 nitrogen and oxygen atoms in total. The summed E-state index contributed by atoms with van der Waals surface area (Å²) >= 11 is 3.69. The third-order valence-electron chi connectivity index (χ3n) is 2.49. The Morgan fingerprint density at radius 3 is 2.22 bits per heavy atom. The normalized spacial score (nSPS) is 12.3. The molecule has 0 radical (unpaired) electrons. The van der Waals surface area contributed by atoms with Gasteiger partial charge in [-0.1, -0.05) is 6.92 Å². The van der Waals surface area contributed by atoms with Crippen LogP contribution in [-0.4, -0.2) is 34.8 Å². The van der Waals surface area contributed by atoms with Crippen molar-refractivity contribution in [3.63, 3.8) is 0 Å². The Bertz CT molecular complexity index is 250. The molecule has 0 spiro atoms. The number of rotatable bonds is 12. The molecule has 0 aromatic rings. The molecule has 4 N–H and O–H groups in total. The van der Waals surface area contributed by atoms with Gasteiger partial charge in [0.15, 0.2) is 0 Å². The molecule has 0 saturated heterocycles. The largest absolute Gasteiger partial charge is 0.370 e. The Balaban J connectivity index is 3.58. The molecule has 1 atom stereocenters. The lowest BCUT2D eigenvalue weighted by molar-refractivity contribution is -0.122. The highest BCUT2D eigenvalue weighted by atomic mass is 32.2. The highest BCUT2D eigenvalue weighted by Crippen LogP contribution is 2.16. The number of hydrogen-bond donors (Lipinski definition) is 2. The van der Waals surface area contributed by atoms with Gasteiger partial charge in [0.05, 0.1) is 0 Å². The van der Waals surface area contributed by atoms with Crippen LogP contribution in [-0.2, 0) is 9.59 Å². The van der Waals surface area contributed by atoms with Crippen LogP contribution in [0.25, 0.3) is 0 Å². The summed E-state index contributed by atoms with van der Waals surface area (Å²) in [5.41, 5.74) is 10.4. The molecule has 2 amide bonds. The highest BCUT2D eigenvalue weighted by molar-refractivity contribution is 7.99. The molecule has 6 heteroatoms. The first kappa shape index (κ1) is 17.6. The maximum atomic E-state index is 11.2. The fourth-order valence-electron chi connectivity index (χ4n) is 1.40. The molecule has 106 valence electrons. The number of unbranched alkanes of at least 4 members (excludes halogenated alkanes) is 1. The molecule has 0 aliphatic carbocycles. The minimum Gasteiger partial charge on any atom is -0.370 e. The van der Waals surface area contributed by atoms with Gasteiger partial charge in [0.25, 0.3) is 0 Å². The van der Waals surface area contributed by atoms with Crippen LogP contribution < -0.4 is 11.5 Å². The van der Waals surface area contributed by atoms with E-state index >= 15 is 0 Å². The van der Waals surface area contributed by atoms with E-state index in [4.69, 9.17) is 11.5 Å². The average molecular weight is 292 g/mol. The van der Waals surface area contributed by atoms with Crippen molar-refractivity contribution in [3.8, 4) is 0 Å². The lowest BCUT2D eigenvalue weighted by Crippen LogP contribution is -2.27. The topological polar surface area (TPSA) is 86.2 Å². The molecule has 1 unspecified atom stereocenters. The van der Waals surface area contributed by atoms with Crippen molar-refractivity contribution in [2.75, 3.05) is 23.0 Å².